The Labute approximate surface area is 90.3 Å². The van der Waals surface area contributed by atoms with Crippen LogP contribution in [-0.4, -0.2) is 6.26 Å². The van der Waals surface area contributed by atoms with Crippen molar-refractivity contribution in [3.05, 3.63) is 23.1 Å². The number of hydrogen-bond donors (Lipinski definition) is 1. The Morgan fingerprint density at radius 2 is 2.29 bits per heavy atom. The molecule has 0 aliphatic carbocycles. The number of thiophene rings is 1. The predicted molar refractivity (Wildman–Crippen MR) is 62.7 cm³/mol. The predicted octanol–water partition coefficient (Wildman–Crippen LogP) is 3.08. The van der Waals surface area contributed by atoms with Crippen LogP contribution >= 0.6 is 23.1 Å². The Hall–Kier alpha value is -1.18. The van der Waals surface area contributed by atoms with Crippen LogP contribution in [0.3, 0.4) is 0 Å². The summed E-state index contributed by atoms with van der Waals surface area (Å²) < 4.78 is 1.13. The van der Waals surface area contributed by atoms with E-state index in [9.17, 15) is 0 Å². The Morgan fingerprint density at radius 1 is 1.50 bits per heavy atom. The molecular weight excluding hydrogens is 212 g/mol. The molecule has 0 fully saturated rings. The van der Waals surface area contributed by atoms with Crippen LogP contribution in [0.15, 0.2) is 23.1 Å². The van der Waals surface area contributed by atoms with Gasteiger partial charge in [-0.1, -0.05) is 0 Å². The van der Waals surface area contributed by atoms with E-state index in [4.69, 9.17) is 11.0 Å². The lowest BCUT2D eigenvalue weighted by atomic mass is 10.2. The van der Waals surface area contributed by atoms with Crippen molar-refractivity contribution in [3.8, 4) is 6.07 Å². The van der Waals surface area contributed by atoms with Crippen molar-refractivity contribution in [1.29, 1.82) is 5.26 Å². The van der Waals surface area contributed by atoms with Gasteiger partial charge in [-0.05, 0) is 24.5 Å². The smallest absolute Gasteiger partial charge is 0.119 e. The molecule has 0 spiro atoms. The first kappa shape index (κ1) is 9.38. The van der Waals surface area contributed by atoms with Gasteiger partial charge in [0, 0.05) is 20.7 Å². The number of hydrogen-bond acceptors (Lipinski definition) is 4. The highest BCUT2D eigenvalue weighted by molar-refractivity contribution is 7.99. The number of nitrogens with two attached hydrogens (primary N) is 1. The van der Waals surface area contributed by atoms with Gasteiger partial charge in [0.25, 0.3) is 0 Å². The average Bonchev–Trinajstić information content (AvgIpc) is 2.54. The molecule has 0 atom stereocenters. The van der Waals surface area contributed by atoms with Crippen LogP contribution < -0.4 is 5.73 Å². The Morgan fingerprint density at radius 3 is 2.93 bits per heavy atom. The molecule has 0 aliphatic heterocycles. The zero-order chi connectivity index (χ0) is 10.1. The summed E-state index contributed by atoms with van der Waals surface area (Å²) in [6.45, 7) is 0. The van der Waals surface area contributed by atoms with Crippen LogP contribution in [0.5, 0.6) is 0 Å². The maximum absolute atomic E-state index is 8.94. The maximum atomic E-state index is 8.94. The third-order valence-electron chi connectivity index (χ3n) is 1.97. The fourth-order valence-electron chi connectivity index (χ4n) is 1.37. The molecular formula is C10H8N2S2. The van der Waals surface area contributed by atoms with Gasteiger partial charge in [0.2, 0.25) is 0 Å². The van der Waals surface area contributed by atoms with Crippen molar-refractivity contribution in [2.24, 2.45) is 0 Å². The highest BCUT2D eigenvalue weighted by Crippen LogP contribution is 2.37. The number of nitrogen functional groups attached to an aromatic ring is 1. The van der Waals surface area contributed by atoms with E-state index in [1.165, 1.54) is 11.3 Å². The third kappa shape index (κ3) is 1.35. The molecule has 0 aliphatic rings. The first-order valence-electron chi connectivity index (χ1n) is 4.02. The molecule has 1 aromatic heterocycles. The maximum Gasteiger partial charge on any atom is 0.119 e. The average molecular weight is 220 g/mol. The fraction of sp³-hybridized carbons (Fsp3) is 0.100. The Kier molecular flexibility index (Phi) is 2.36. The molecule has 2 nitrogen and oxygen atoms in total. The molecule has 0 radical (unpaired) electrons. The molecule has 4 heteroatoms. The van der Waals surface area contributed by atoms with Crippen molar-refractivity contribution in [1.82, 2.24) is 0 Å². The van der Waals surface area contributed by atoms with Crippen LogP contribution in [0, 0.1) is 11.3 Å². The van der Waals surface area contributed by atoms with E-state index in [1.54, 1.807) is 11.8 Å². The fourth-order valence-corrected chi connectivity index (χ4v) is 3.30. The Bertz CT molecular complexity index is 523. The lowest BCUT2D eigenvalue weighted by Gasteiger charge is -1.95. The lowest BCUT2D eigenvalue weighted by molar-refractivity contribution is 1.48. The summed E-state index contributed by atoms with van der Waals surface area (Å²) in [6.07, 6.45) is 1.98. The second-order valence-corrected chi connectivity index (χ2v) is 4.70. The van der Waals surface area contributed by atoms with Crippen molar-refractivity contribution in [3.63, 3.8) is 0 Å². The van der Waals surface area contributed by atoms with Gasteiger partial charge in [-0.15, -0.1) is 23.1 Å². The van der Waals surface area contributed by atoms with Crippen molar-refractivity contribution in [2.75, 3.05) is 12.0 Å². The van der Waals surface area contributed by atoms with E-state index < -0.39 is 0 Å². The SMILES string of the molecule is CSc1c(C#N)sc2ccc(N)cc12. The van der Waals surface area contributed by atoms with E-state index in [0.29, 0.717) is 0 Å². The monoisotopic (exact) mass is 220 g/mol. The van der Waals surface area contributed by atoms with Crippen LogP contribution in [0.1, 0.15) is 4.88 Å². The van der Waals surface area contributed by atoms with Crippen molar-refractivity contribution in [2.45, 2.75) is 4.90 Å². The second kappa shape index (κ2) is 3.52. The Balaban J connectivity index is 2.83. The molecule has 0 saturated heterocycles. The molecule has 0 saturated carbocycles. The number of anilines is 1. The van der Waals surface area contributed by atoms with Crippen LogP contribution in [0.2, 0.25) is 0 Å². The summed E-state index contributed by atoms with van der Waals surface area (Å²) in [7, 11) is 0. The van der Waals surface area contributed by atoms with Crippen LogP contribution in [-0.2, 0) is 0 Å². The number of thioether (sulfide) groups is 1. The minimum Gasteiger partial charge on any atom is -0.399 e. The molecule has 1 aromatic carbocycles. The molecule has 14 heavy (non-hydrogen) atoms. The summed E-state index contributed by atoms with van der Waals surface area (Å²) in [4.78, 5) is 1.82. The largest absolute Gasteiger partial charge is 0.399 e. The van der Waals surface area contributed by atoms with E-state index in [0.717, 1.165) is 25.5 Å². The molecule has 0 unspecified atom stereocenters. The molecule has 0 bridgehead atoms. The molecule has 2 aromatic rings. The standard InChI is InChI=1S/C10H8N2S2/c1-13-10-7-4-6(12)2-3-8(7)14-9(10)5-11/h2-4H,12H2,1H3. The summed E-state index contributed by atoms with van der Waals surface area (Å²) in [5.41, 5.74) is 6.46. The number of nitrogens with zero attached hydrogens (tertiary/aromatic N) is 1. The van der Waals surface area contributed by atoms with E-state index in [1.807, 2.05) is 24.5 Å². The highest BCUT2D eigenvalue weighted by Gasteiger charge is 2.10. The first-order valence-corrected chi connectivity index (χ1v) is 6.06. The van der Waals surface area contributed by atoms with Gasteiger partial charge in [0.1, 0.15) is 10.9 Å². The summed E-state index contributed by atoms with van der Waals surface area (Å²) in [5, 5.41) is 10.0. The van der Waals surface area contributed by atoms with Crippen LogP contribution in [0.25, 0.3) is 10.1 Å². The third-order valence-corrected chi connectivity index (χ3v) is 4.01. The molecule has 70 valence electrons. The summed E-state index contributed by atoms with van der Waals surface area (Å²) >= 11 is 3.12. The van der Waals surface area contributed by atoms with Crippen molar-refractivity contribution >= 4 is 38.9 Å². The van der Waals surface area contributed by atoms with E-state index in [-0.39, 0.29) is 0 Å². The second-order valence-electron chi connectivity index (χ2n) is 2.83. The van der Waals surface area contributed by atoms with Gasteiger partial charge >= 0.3 is 0 Å². The zero-order valence-corrected chi connectivity index (χ0v) is 9.21. The molecule has 0 amide bonds. The number of nitriles is 1. The quantitative estimate of drug-likeness (QED) is 0.593. The minimum atomic E-state index is 0.745. The topological polar surface area (TPSA) is 49.8 Å². The zero-order valence-electron chi connectivity index (χ0n) is 7.57. The lowest BCUT2D eigenvalue weighted by Crippen LogP contribution is -1.82. The van der Waals surface area contributed by atoms with Gasteiger partial charge in [-0.3, -0.25) is 0 Å². The molecule has 1 heterocycles. The van der Waals surface area contributed by atoms with Gasteiger partial charge < -0.3 is 5.73 Å². The number of fused-ring (bicyclic) bond motifs is 1. The first-order chi connectivity index (χ1) is 6.76. The van der Waals surface area contributed by atoms with Crippen molar-refractivity contribution < 1.29 is 0 Å². The molecule has 2 rings (SSSR count). The van der Waals surface area contributed by atoms with Gasteiger partial charge in [0.05, 0.1) is 0 Å². The van der Waals surface area contributed by atoms with E-state index in [2.05, 4.69) is 6.07 Å². The normalized spacial score (nSPS) is 10.3. The molecule has 2 N–H and O–H groups in total. The number of rotatable bonds is 1. The van der Waals surface area contributed by atoms with Gasteiger partial charge in [-0.25, -0.2) is 0 Å². The number of benzene rings is 1. The highest BCUT2D eigenvalue weighted by atomic mass is 32.2. The minimum absolute atomic E-state index is 0.745. The summed E-state index contributed by atoms with van der Waals surface area (Å²) in [5.74, 6) is 0. The van der Waals surface area contributed by atoms with Gasteiger partial charge in [0.15, 0.2) is 0 Å². The van der Waals surface area contributed by atoms with Crippen LogP contribution in [0.4, 0.5) is 5.69 Å². The van der Waals surface area contributed by atoms with E-state index >= 15 is 0 Å². The summed E-state index contributed by atoms with van der Waals surface area (Å²) in [6, 6.07) is 7.97. The van der Waals surface area contributed by atoms with Gasteiger partial charge in [-0.2, -0.15) is 5.26 Å².